The van der Waals surface area contributed by atoms with Crippen molar-refractivity contribution in [2.24, 2.45) is 0 Å². The number of ketones is 1. The van der Waals surface area contributed by atoms with E-state index in [1.807, 2.05) is 13.8 Å². The van der Waals surface area contributed by atoms with Crippen LogP contribution < -0.4 is 4.74 Å². The van der Waals surface area contributed by atoms with E-state index in [9.17, 15) is 9.59 Å². The van der Waals surface area contributed by atoms with E-state index in [0.717, 1.165) is 12.2 Å². The van der Waals surface area contributed by atoms with Crippen molar-refractivity contribution in [2.45, 2.75) is 32.8 Å². The highest BCUT2D eigenvalue weighted by atomic mass is 16.5. The molecule has 1 aromatic rings. The molecule has 0 atom stereocenters. The summed E-state index contributed by atoms with van der Waals surface area (Å²) >= 11 is 0. The van der Waals surface area contributed by atoms with Crippen molar-refractivity contribution >= 4 is 11.7 Å². The van der Waals surface area contributed by atoms with E-state index in [-0.39, 0.29) is 24.3 Å². The Bertz CT molecular complexity index is 465. The van der Waals surface area contributed by atoms with Crippen molar-refractivity contribution in [1.29, 1.82) is 0 Å². The van der Waals surface area contributed by atoms with Gasteiger partial charge in [0.05, 0.1) is 12.6 Å². The molecular formula is C15H19NO3. The van der Waals surface area contributed by atoms with Crippen LogP contribution in [0.25, 0.3) is 0 Å². The minimum absolute atomic E-state index is 0.0795. The van der Waals surface area contributed by atoms with E-state index in [1.165, 1.54) is 0 Å². The summed E-state index contributed by atoms with van der Waals surface area (Å²) in [5.41, 5.74) is 0.603. The lowest BCUT2D eigenvalue weighted by Gasteiger charge is -2.25. The fourth-order valence-electron chi connectivity index (χ4n) is 2.14. The summed E-state index contributed by atoms with van der Waals surface area (Å²) in [4.78, 5) is 25.2. The Kier molecular flexibility index (Phi) is 4.20. The zero-order valence-electron chi connectivity index (χ0n) is 11.4. The topological polar surface area (TPSA) is 46.6 Å². The van der Waals surface area contributed by atoms with Crippen molar-refractivity contribution in [3.63, 3.8) is 0 Å². The van der Waals surface area contributed by atoms with Crippen molar-refractivity contribution in [3.05, 3.63) is 29.8 Å². The highest BCUT2D eigenvalue weighted by Crippen LogP contribution is 2.16. The van der Waals surface area contributed by atoms with Crippen LogP contribution in [0.5, 0.6) is 5.75 Å². The van der Waals surface area contributed by atoms with E-state index >= 15 is 0 Å². The van der Waals surface area contributed by atoms with Gasteiger partial charge in [-0.2, -0.15) is 0 Å². The maximum atomic E-state index is 12.2. The summed E-state index contributed by atoms with van der Waals surface area (Å²) in [5, 5.41) is 0. The molecule has 19 heavy (non-hydrogen) atoms. The number of rotatable bonds is 3. The third kappa shape index (κ3) is 3.56. The fraction of sp³-hybridized carbons (Fsp3) is 0.467. The molecule has 102 valence electrons. The van der Waals surface area contributed by atoms with Crippen LogP contribution in [0, 0.1) is 0 Å². The van der Waals surface area contributed by atoms with Crippen LogP contribution in [0.4, 0.5) is 0 Å². The number of amides is 1. The van der Waals surface area contributed by atoms with Crippen LogP contribution in [-0.2, 0) is 4.79 Å². The summed E-state index contributed by atoms with van der Waals surface area (Å²) in [6, 6.07) is 7.08. The number of nitrogens with zero attached hydrogens (tertiary/aromatic N) is 1. The third-order valence-corrected chi connectivity index (χ3v) is 3.01. The molecule has 0 aromatic heterocycles. The van der Waals surface area contributed by atoms with Crippen molar-refractivity contribution in [1.82, 2.24) is 4.90 Å². The van der Waals surface area contributed by atoms with E-state index < -0.39 is 0 Å². The molecule has 0 aliphatic carbocycles. The van der Waals surface area contributed by atoms with Gasteiger partial charge in [-0.05, 0) is 44.5 Å². The summed E-state index contributed by atoms with van der Waals surface area (Å²) < 4.78 is 5.53. The Balaban J connectivity index is 2.04. The van der Waals surface area contributed by atoms with Gasteiger partial charge in [-0.15, -0.1) is 0 Å². The number of ether oxygens (including phenoxy) is 1. The molecule has 1 aromatic carbocycles. The average molecular weight is 261 g/mol. The molecule has 4 nitrogen and oxygen atoms in total. The number of likely N-dealkylation sites (tertiary alicyclic amines) is 1. The quantitative estimate of drug-likeness (QED) is 0.838. The van der Waals surface area contributed by atoms with Crippen LogP contribution in [0.2, 0.25) is 0 Å². The van der Waals surface area contributed by atoms with Gasteiger partial charge in [0.15, 0.2) is 5.78 Å². The summed E-state index contributed by atoms with van der Waals surface area (Å²) in [5.74, 6) is 0.810. The normalized spacial score (nSPS) is 15.7. The first-order chi connectivity index (χ1) is 9.06. The zero-order chi connectivity index (χ0) is 13.8. The predicted molar refractivity (Wildman–Crippen MR) is 72.4 cm³/mol. The van der Waals surface area contributed by atoms with Gasteiger partial charge in [0.1, 0.15) is 5.75 Å². The molecule has 1 aliphatic rings. The van der Waals surface area contributed by atoms with Gasteiger partial charge in [-0.25, -0.2) is 0 Å². The average Bonchev–Trinajstić information content (AvgIpc) is 2.38. The van der Waals surface area contributed by atoms with Gasteiger partial charge in [0.2, 0.25) is 0 Å². The zero-order valence-corrected chi connectivity index (χ0v) is 11.4. The standard InChI is InChI=1S/C15H19NO3/c1-11(2)19-14-7-5-12(6-8-14)15(18)16-9-3-4-13(17)10-16/h5-8,11H,3-4,9-10H2,1-2H3. The van der Waals surface area contributed by atoms with Gasteiger partial charge in [0.25, 0.3) is 5.91 Å². The highest BCUT2D eigenvalue weighted by molar-refractivity contribution is 5.97. The molecular weight excluding hydrogens is 242 g/mol. The second-order valence-electron chi connectivity index (χ2n) is 5.06. The van der Waals surface area contributed by atoms with Gasteiger partial charge >= 0.3 is 0 Å². The van der Waals surface area contributed by atoms with Crippen LogP contribution in [0.1, 0.15) is 37.0 Å². The van der Waals surface area contributed by atoms with Gasteiger partial charge < -0.3 is 9.64 Å². The SMILES string of the molecule is CC(C)Oc1ccc(C(=O)N2CCCC(=O)C2)cc1. The van der Waals surface area contributed by atoms with E-state index in [1.54, 1.807) is 29.2 Å². The molecule has 0 unspecified atom stereocenters. The molecule has 0 saturated carbocycles. The lowest BCUT2D eigenvalue weighted by Crippen LogP contribution is -2.40. The van der Waals surface area contributed by atoms with Crippen LogP contribution >= 0.6 is 0 Å². The van der Waals surface area contributed by atoms with Gasteiger partial charge in [-0.3, -0.25) is 9.59 Å². The first-order valence-corrected chi connectivity index (χ1v) is 6.64. The summed E-state index contributed by atoms with van der Waals surface area (Å²) in [7, 11) is 0. The molecule has 0 radical (unpaired) electrons. The number of piperidine rings is 1. The van der Waals surface area contributed by atoms with E-state index in [0.29, 0.717) is 18.5 Å². The van der Waals surface area contributed by atoms with Gasteiger partial charge in [-0.1, -0.05) is 0 Å². The lowest BCUT2D eigenvalue weighted by atomic mass is 10.1. The Morgan fingerprint density at radius 3 is 2.53 bits per heavy atom. The minimum Gasteiger partial charge on any atom is -0.491 e. The number of hydrogen-bond donors (Lipinski definition) is 0. The minimum atomic E-state index is -0.0795. The molecule has 0 spiro atoms. The Morgan fingerprint density at radius 2 is 1.95 bits per heavy atom. The predicted octanol–water partition coefficient (Wildman–Crippen LogP) is 2.28. The molecule has 1 heterocycles. The number of hydrogen-bond acceptors (Lipinski definition) is 3. The molecule has 1 saturated heterocycles. The molecule has 0 N–H and O–H groups in total. The number of benzene rings is 1. The Hall–Kier alpha value is -1.84. The number of carbonyl (C=O) groups is 2. The maximum Gasteiger partial charge on any atom is 0.254 e. The molecule has 2 rings (SSSR count). The van der Waals surface area contributed by atoms with Crippen LogP contribution in [0.3, 0.4) is 0 Å². The van der Waals surface area contributed by atoms with E-state index in [4.69, 9.17) is 4.74 Å². The van der Waals surface area contributed by atoms with Crippen molar-refractivity contribution in [3.8, 4) is 5.75 Å². The van der Waals surface area contributed by atoms with E-state index in [2.05, 4.69) is 0 Å². The number of Topliss-reactive ketones (excluding diaryl/α,β-unsaturated/α-hetero) is 1. The second-order valence-corrected chi connectivity index (χ2v) is 5.06. The Labute approximate surface area is 113 Å². The monoisotopic (exact) mass is 261 g/mol. The largest absolute Gasteiger partial charge is 0.491 e. The summed E-state index contributed by atoms with van der Waals surface area (Å²) in [6.07, 6.45) is 1.46. The van der Waals surface area contributed by atoms with Crippen molar-refractivity contribution < 1.29 is 14.3 Å². The molecule has 1 aliphatic heterocycles. The maximum absolute atomic E-state index is 12.2. The van der Waals surface area contributed by atoms with Gasteiger partial charge in [0, 0.05) is 18.5 Å². The first kappa shape index (κ1) is 13.6. The Morgan fingerprint density at radius 1 is 1.26 bits per heavy atom. The second kappa shape index (κ2) is 5.87. The first-order valence-electron chi connectivity index (χ1n) is 6.64. The highest BCUT2D eigenvalue weighted by Gasteiger charge is 2.22. The summed E-state index contributed by atoms with van der Waals surface area (Å²) in [6.45, 7) is 4.81. The van der Waals surface area contributed by atoms with Crippen LogP contribution in [0.15, 0.2) is 24.3 Å². The number of carbonyl (C=O) groups excluding carboxylic acids is 2. The molecule has 0 bridgehead atoms. The molecule has 1 amide bonds. The van der Waals surface area contributed by atoms with Crippen molar-refractivity contribution in [2.75, 3.05) is 13.1 Å². The smallest absolute Gasteiger partial charge is 0.254 e. The third-order valence-electron chi connectivity index (χ3n) is 3.01. The lowest BCUT2D eigenvalue weighted by molar-refractivity contribution is -0.121. The molecule has 1 fully saturated rings. The van der Waals surface area contributed by atoms with Crippen LogP contribution in [-0.4, -0.2) is 35.8 Å². The molecule has 4 heteroatoms. The fourth-order valence-corrected chi connectivity index (χ4v) is 2.14.